The maximum absolute atomic E-state index is 12.9. The molecular formula is C20H19NO3. The Bertz CT molecular complexity index is 798. The molecule has 1 heterocycles. The van der Waals surface area contributed by atoms with Gasteiger partial charge >= 0.3 is 5.97 Å². The number of anilines is 1. The fraction of sp³-hybridized carbons (Fsp3) is 0.200. The maximum Gasteiger partial charge on any atom is 0.304 e. The number of carbonyl (C=O) groups excluding carboxylic acids is 1. The normalized spacial score (nSPS) is 19.7. The third kappa shape index (κ3) is 2.83. The Kier molecular flexibility index (Phi) is 4.21. The molecule has 0 aromatic heterocycles. The van der Waals surface area contributed by atoms with Crippen LogP contribution in [-0.2, 0) is 15.0 Å². The highest BCUT2D eigenvalue weighted by molar-refractivity contribution is 6.09. The number of carboxylic acid groups (broad SMARTS) is 1. The van der Waals surface area contributed by atoms with Crippen molar-refractivity contribution in [3.63, 3.8) is 0 Å². The lowest BCUT2D eigenvalue weighted by Crippen LogP contribution is -2.39. The molecule has 1 aliphatic rings. The van der Waals surface area contributed by atoms with Gasteiger partial charge < -0.3 is 10.0 Å². The lowest BCUT2D eigenvalue weighted by atomic mass is 9.81. The number of hydrogen-bond acceptors (Lipinski definition) is 2. The molecule has 1 amide bonds. The number of aliphatic carboxylic acids is 1. The summed E-state index contributed by atoms with van der Waals surface area (Å²) in [7, 11) is 0. The van der Waals surface area contributed by atoms with E-state index in [1.54, 1.807) is 11.8 Å². The molecule has 4 nitrogen and oxygen atoms in total. The topological polar surface area (TPSA) is 57.6 Å². The Morgan fingerprint density at radius 3 is 2.50 bits per heavy atom. The monoisotopic (exact) mass is 321 g/mol. The zero-order valence-corrected chi connectivity index (χ0v) is 13.5. The first-order chi connectivity index (χ1) is 11.5. The average molecular weight is 321 g/mol. The maximum atomic E-state index is 12.9. The molecule has 0 radical (unpaired) electrons. The van der Waals surface area contributed by atoms with E-state index in [1.807, 2.05) is 66.7 Å². The van der Waals surface area contributed by atoms with Crippen molar-refractivity contribution in [1.29, 1.82) is 0 Å². The molecule has 4 heteroatoms. The molecule has 122 valence electrons. The second kappa shape index (κ2) is 6.32. The minimum absolute atomic E-state index is 0.163. The van der Waals surface area contributed by atoms with Crippen molar-refractivity contribution in [3.05, 3.63) is 71.8 Å². The Morgan fingerprint density at radius 2 is 1.79 bits per heavy atom. The van der Waals surface area contributed by atoms with Gasteiger partial charge in [-0.3, -0.25) is 9.59 Å². The van der Waals surface area contributed by atoms with Crippen LogP contribution in [0.5, 0.6) is 0 Å². The molecule has 0 fully saturated rings. The molecule has 24 heavy (non-hydrogen) atoms. The van der Waals surface area contributed by atoms with Crippen molar-refractivity contribution in [2.45, 2.75) is 18.8 Å². The Labute approximate surface area is 141 Å². The van der Waals surface area contributed by atoms with Gasteiger partial charge in [-0.25, -0.2) is 0 Å². The van der Waals surface area contributed by atoms with Crippen LogP contribution in [0.4, 0.5) is 5.69 Å². The molecule has 3 rings (SSSR count). The van der Waals surface area contributed by atoms with E-state index in [0.717, 1.165) is 16.8 Å². The van der Waals surface area contributed by atoms with Gasteiger partial charge in [0.05, 0.1) is 11.8 Å². The molecular weight excluding hydrogens is 302 g/mol. The number of amides is 1. The summed E-state index contributed by atoms with van der Waals surface area (Å²) in [4.78, 5) is 25.8. The zero-order valence-electron chi connectivity index (χ0n) is 13.5. The van der Waals surface area contributed by atoms with Gasteiger partial charge in [0, 0.05) is 12.2 Å². The van der Waals surface area contributed by atoms with Crippen molar-refractivity contribution in [2.24, 2.45) is 0 Å². The van der Waals surface area contributed by atoms with E-state index in [1.165, 1.54) is 0 Å². The van der Waals surface area contributed by atoms with Crippen molar-refractivity contribution >= 4 is 23.6 Å². The molecule has 0 saturated heterocycles. The first kappa shape index (κ1) is 16.0. The van der Waals surface area contributed by atoms with Crippen LogP contribution < -0.4 is 4.90 Å². The van der Waals surface area contributed by atoms with E-state index in [0.29, 0.717) is 6.54 Å². The lowest BCUT2D eigenvalue weighted by Gasteiger charge is -2.22. The molecule has 0 saturated carbocycles. The summed E-state index contributed by atoms with van der Waals surface area (Å²) in [5.74, 6) is -1.13. The Balaban J connectivity index is 1.88. The number of hydrogen-bond donors (Lipinski definition) is 1. The van der Waals surface area contributed by atoms with E-state index < -0.39 is 11.4 Å². The molecule has 1 N–H and O–H groups in total. The van der Waals surface area contributed by atoms with E-state index >= 15 is 0 Å². The van der Waals surface area contributed by atoms with Crippen LogP contribution >= 0.6 is 0 Å². The highest BCUT2D eigenvalue weighted by Gasteiger charge is 2.48. The highest BCUT2D eigenvalue weighted by Crippen LogP contribution is 2.43. The highest BCUT2D eigenvalue weighted by atomic mass is 16.4. The number of benzene rings is 2. The first-order valence-corrected chi connectivity index (χ1v) is 7.87. The van der Waals surface area contributed by atoms with Crippen LogP contribution in [-0.4, -0.2) is 23.5 Å². The number of rotatable bonds is 5. The summed E-state index contributed by atoms with van der Waals surface area (Å²) in [6, 6.07) is 17.3. The number of fused-ring (bicyclic) bond motifs is 1. The van der Waals surface area contributed by atoms with Crippen LogP contribution in [0.3, 0.4) is 0 Å². The van der Waals surface area contributed by atoms with Gasteiger partial charge in [-0.15, -0.1) is 0 Å². The predicted octanol–water partition coefficient (Wildman–Crippen LogP) is 3.48. The molecule has 1 atom stereocenters. The van der Waals surface area contributed by atoms with E-state index in [9.17, 15) is 14.7 Å². The van der Waals surface area contributed by atoms with Crippen LogP contribution in [0.2, 0.25) is 0 Å². The van der Waals surface area contributed by atoms with Gasteiger partial charge in [0.1, 0.15) is 0 Å². The molecule has 0 unspecified atom stereocenters. The minimum atomic E-state index is -1.01. The third-order valence-electron chi connectivity index (χ3n) is 4.41. The first-order valence-electron chi connectivity index (χ1n) is 7.87. The summed E-state index contributed by atoms with van der Waals surface area (Å²) in [6.07, 6.45) is 3.68. The SMILES string of the molecule is C[C@]1(CC(=O)O)C(=O)N(CC=Cc2ccccc2)c2ccccc21. The van der Waals surface area contributed by atoms with Crippen molar-refractivity contribution in [3.8, 4) is 0 Å². The molecule has 0 bridgehead atoms. The molecule has 0 aliphatic carbocycles. The summed E-state index contributed by atoms with van der Waals surface area (Å²) in [5, 5.41) is 9.21. The number of nitrogens with zero attached hydrogens (tertiary/aromatic N) is 1. The average Bonchev–Trinajstić information content (AvgIpc) is 2.77. The van der Waals surface area contributed by atoms with Crippen molar-refractivity contribution < 1.29 is 14.7 Å². The fourth-order valence-corrected chi connectivity index (χ4v) is 3.21. The van der Waals surface area contributed by atoms with Gasteiger partial charge in [-0.2, -0.15) is 0 Å². The number of para-hydroxylation sites is 1. The summed E-state index contributed by atoms with van der Waals surface area (Å²) < 4.78 is 0. The van der Waals surface area contributed by atoms with Gasteiger partial charge in [0.25, 0.3) is 0 Å². The number of carboxylic acids is 1. The molecule has 1 aliphatic heterocycles. The number of carbonyl (C=O) groups is 2. The summed E-state index contributed by atoms with van der Waals surface area (Å²) >= 11 is 0. The Morgan fingerprint density at radius 1 is 1.12 bits per heavy atom. The van der Waals surface area contributed by atoms with E-state index in [2.05, 4.69) is 0 Å². The van der Waals surface area contributed by atoms with Crippen molar-refractivity contribution in [1.82, 2.24) is 0 Å². The van der Waals surface area contributed by atoms with Gasteiger partial charge in [-0.05, 0) is 24.1 Å². The molecule has 2 aromatic rings. The molecule has 2 aromatic carbocycles. The van der Waals surface area contributed by atoms with E-state index in [4.69, 9.17) is 0 Å². The second-order valence-corrected chi connectivity index (χ2v) is 6.15. The predicted molar refractivity (Wildman–Crippen MR) is 93.9 cm³/mol. The molecule has 0 spiro atoms. The standard InChI is InChI=1S/C20H19NO3/c1-20(14-18(22)23)16-11-5-6-12-17(16)21(19(20)24)13-7-10-15-8-3-2-4-9-15/h2-12H,13-14H2,1H3,(H,22,23)/t20-/m1/s1. The van der Waals surface area contributed by atoms with Crippen molar-refractivity contribution in [2.75, 3.05) is 11.4 Å². The van der Waals surface area contributed by atoms with Crippen LogP contribution in [0, 0.1) is 0 Å². The summed E-state index contributed by atoms with van der Waals surface area (Å²) in [5.41, 5.74) is 1.63. The van der Waals surface area contributed by atoms with E-state index in [-0.39, 0.29) is 12.3 Å². The fourth-order valence-electron chi connectivity index (χ4n) is 3.21. The van der Waals surface area contributed by atoms with Gasteiger partial charge in [-0.1, -0.05) is 60.7 Å². The minimum Gasteiger partial charge on any atom is -0.481 e. The van der Waals surface area contributed by atoms with Crippen LogP contribution in [0.15, 0.2) is 60.7 Å². The summed E-state index contributed by atoms with van der Waals surface area (Å²) in [6.45, 7) is 2.13. The smallest absolute Gasteiger partial charge is 0.304 e. The Hall–Kier alpha value is -2.88. The van der Waals surface area contributed by atoms with Gasteiger partial charge in [0.2, 0.25) is 5.91 Å². The van der Waals surface area contributed by atoms with Gasteiger partial charge in [0.15, 0.2) is 0 Å². The largest absolute Gasteiger partial charge is 0.481 e. The lowest BCUT2D eigenvalue weighted by molar-refractivity contribution is -0.141. The third-order valence-corrected chi connectivity index (χ3v) is 4.41. The van der Waals surface area contributed by atoms with Crippen LogP contribution in [0.1, 0.15) is 24.5 Å². The quantitative estimate of drug-likeness (QED) is 0.917. The van der Waals surface area contributed by atoms with Crippen LogP contribution in [0.25, 0.3) is 6.08 Å². The second-order valence-electron chi connectivity index (χ2n) is 6.15. The zero-order chi connectivity index (χ0) is 17.2.